The number of piperazine rings is 1. The molecule has 0 bridgehead atoms. The number of piperidine rings is 1. The smallest absolute Gasteiger partial charge is 0.239 e. The molecule has 2 heterocycles. The molecule has 6 heteroatoms. The van der Waals surface area contributed by atoms with Gasteiger partial charge in [-0.15, -0.1) is 0 Å². The van der Waals surface area contributed by atoms with E-state index in [9.17, 15) is 9.59 Å². The van der Waals surface area contributed by atoms with E-state index in [0.29, 0.717) is 24.4 Å². The van der Waals surface area contributed by atoms with Crippen LogP contribution in [0.15, 0.2) is 0 Å². The second-order valence-electron chi connectivity index (χ2n) is 8.52. The first-order chi connectivity index (χ1) is 11.9. The Morgan fingerprint density at radius 3 is 2.20 bits per heavy atom. The minimum Gasteiger partial charge on any atom is -0.352 e. The molecule has 1 N–H and O–H groups in total. The number of nitrogens with zero attached hydrogens (tertiary/aromatic N) is 3. The van der Waals surface area contributed by atoms with E-state index < -0.39 is 0 Å². The van der Waals surface area contributed by atoms with Gasteiger partial charge in [-0.05, 0) is 38.0 Å². The standard InChI is InChI=1S/C19H34N4O2/c1-14-10-15(2)12-23(11-14)19(25)16(3)22-8-6-21(7-9-22)13-18(24)20-17-4-5-17/h14-17H,4-13H2,1-3H3,(H,20,24). The molecular weight excluding hydrogens is 316 g/mol. The van der Waals surface area contributed by atoms with Gasteiger partial charge in [-0.3, -0.25) is 19.4 Å². The van der Waals surface area contributed by atoms with Crippen molar-refractivity contribution in [2.24, 2.45) is 11.8 Å². The zero-order valence-electron chi connectivity index (χ0n) is 16.0. The van der Waals surface area contributed by atoms with Crippen LogP contribution in [0.4, 0.5) is 0 Å². The lowest BCUT2D eigenvalue weighted by Crippen LogP contribution is -2.57. The van der Waals surface area contributed by atoms with Gasteiger partial charge in [0.05, 0.1) is 12.6 Å². The number of amides is 2. The highest BCUT2D eigenvalue weighted by Gasteiger charge is 2.32. The topological polar surface area (TPSA) is 55.9 Å². The van der Waals surface area contributed by atoms with Crippen molar-refractivity contribution in [3.8, 4) is 0 Å². The van der Waals surface area contributed by atoms with Gasteiger partial charge in [0.1, 0.15) is 0 Å². The molecule has 6 nitrogen and oxygen atoms in total. The Balaban J connectivity index is 1.43. The molecule has 3 rings (SSSR count). The van der Waals surface area contributed by atoms with Gasteiger partial charge in [0, 0.05) is 45.3 Å². The molecule has 1 saturated carbocycles. The van der Waals surface area contributed by atoms with E-state index >= 15 is 0 Å². The van der Waals surface area contributed by atoms with Crippen LogP contribution in [0.2, 0.25) is 0 Å². The van der Waals surface area contributed by atoms with Crippen molar-refractivity contribution in [3.05, 3.63) is 0 Å². The molecule has 0 spiro atoms. The number of carbonyl (C=O) groups excluding carboxylic acids is 2. The predicted octanol–water partition coefficient (Wildman–Crippen LogP) is 0.776. The molecule has 1 aliphatic carbocycles. The molecule has 3 aliphatic rings. The quantitative estimate of drug-likeness (QED) is 0.796. The van der Waals surface area contributed by atoms with Crippen LogP contribution in [-0.2, 0) is 9.59 Å². The minimum absolute atomic E-state index is 0.0556. The van der Waals surface area contributed by atoms with E-state index in [-0.39, 0.29) is 17.9 Å². The van der Waals surface area contributed by atoms with Gasteiger partial charge >= 0.3 is 0 Å². The monoisotopic (exact) mass is 350 g/mol. The molecule has 2 amide bonds. The minimum atomic E-state index is -0.0556. The molecule has 3 atom stereocenters. The third-order valence-corrected chi connectivity index (χ3v) is 5.80. The zero-order valence-corrected chi connectivity index (χ0v) is 16.0. The maximum Gasteiger partial charge on any atom is 0.239 e. The lowest BCUT2D eigenvalue weighted by molar-refractivity contribution is -0.140. The molecule has 3 fully saturated rings. The van der Waals surface area contributed by atoms with E-state index in [2.05, 4.69) is 33.9 Å². The highest BCUT2D eigenvalue weighted by atomic mass is 16.2. The fourth-order valence-electron chi connectivity index (χ4n) is 4.28. The molecular formula is C19H34N4O2. The predicted molar refractivity (Wildman–Crippen MR) is 98.2 cm³/mol. The van der Waals surface area contributed by atoms with Gasteiger partial charge in [0.25, 0.3) is 0 Å². The van der Waals surface area contributed by atoms with Gasteiger partial charge in [0.15, 0.2) is 0 Å². The normalized spacial score (nSPS) is 30.1. The molecule has 0 radical (unpaired) electrons. The summed E-state index contributed by atoms with van der Waals surface area (Å²) in [5, 5.41) is 3.05. The molecule has 0 aromatic carbocycles. The summed E-state index contributed by atoms with van der Waals surface area (Å²) in [5.41, 5.74) is 0. The summed E-state index contributed by atoms with van der Waals surface area (Å²) >= 11 is 0. The fraction of sp³-hybridized carbons (Fsp3) is 0.895. The molecule has 142 valence electrons. The average Bonchev–Trinajstić information content (AvgIpc) is 3.37. The molecule has 2 saturated heterocycles. The number of rotatable bonds is 5. The Morgan fingerprint density at radius 2 is 1.64 bits per heavy atom. The summed E-state index contributed by atoms with van der Waals surface area (Å²) in [6.45, 7) is 12.3. The Kier molecular flexibility index (Phi) is 6.00. The highest BCUT2D eigenvalue weighted by Crippen LogP contribution is 2.22. The first-order valence-electron chi connectivity index (χ1n) is 9.97. The lowest BCUT2D eigenvalue weighted by Gasteiger charge is -2.41. The van der Waals surface area contributed by atoms with Crippen molar-refractivity contribution in [1.82, 2.24) is 20.0 Å². The van der Waals surface area contributed by atoms with E-state index in [1.807, 2.05) is 6.92 Å². The van der Waals surface area contributed by atoms with Gasteiger partial charge in [-0.2, -0.15) is 0 Å². The maximum absolute atomic E-state index is 12.9. The second kappa shape index (κ2) is 8.04. The SMILES string of the molecule is CC1CC(C)CN(C(=O)C(C)N2CCN(CC(=O)NC3CC3)CC2)C1. The van der Waals surface area contributed by atoms with Crippen LogP contribution in [0.3, 0.4) is 0 Å². The maximum atomic E-state index is 12.9. The van der Waals surface area contributed by atoms with Crippen LogP contribution in [0, 0.1) is 11.8 Å². The largest absolute Gasteiger partial charge is 0.352 e. The third kappa shape index (κ3) is 5.17. The van der Waals surface area contributed by atoms with Crippen molar-refractivity contribution < 1.29 is 9.59 Å². The summed E-state index contributed by atoms with van der Waals surface area (Å²) in [6.07, 6.45) is 3.49. The number of carbonyl (C=O) groups is 2. The summed E-state index contributed by atoms with van der Waals surface area (Å²) in [6, 6.07) is 0.376. The Morgan fingerprint density at radius 1 is 1.04 bits per heavy atom. The van der Waals surface area contributed by atoms with Gasteiger partial charge < -0.3 is 10.2 Å². The summed E-state index contributed by atoms with van der Waals surface area (Å²) in [7, 11) is 0. The third-order valence-electron chi connectivity index (χ3n) is 5.80. The van der Waals surface area contributed by atoms with Crippen molar-refractivity contribution >= 4 is 11.8 Å². The van der Waals surface area contributed by atoms with Crippen LogP contribution in [-0.4, -0.2) is 84.4 Å². The van der Waals surface area contributed by atoms with E-state index in [0.717, 1.165) is 52.1 Å². The highest BCUT2D eigenvalue weighted by molar-refractivity contribution is 5.81. The van der Waals surface area contributed by atoms with Crippen molar-refractivity contribution in [2.45, 2.75) is 52.1 Å². The number of nitrogens with one attached hydrogen (secondary N) is 1. The van der Waals surface area contributed by atoms with Crippen LogP contribution in [0.1, 0.15) is 40.0 Å². The first-order valence-corrected chi connectivity index (χ1v) is 9.97. The Hall–Kier alpha value is -1.14. The van der Waals surface area contributed by atoms with E-state index in [1.165, 1.54) is 6.42 Å². The summed E-state index contributed by atoms with van der Waals surface area (Å²) < 4.78 is 0. The van der Waals surface area contributed by atoms with Crippen LogP contribution >= 0.6 is 0 Å². The van der Waals surface area contributed by atoms with Gasteiger partial charge in [-0.1, -0.05) is 13.8 Å². The number of likely N-dealkylation sites (tertiary alicyclic amines) is 1. The number of hydrogen-bond donors (Lipinski definition) is 1. The lowest BCUT2D eigenvalue weighted by atomic mass is 9.91. The average molecular weight is 351 g/mol. The molecule has 25 heavy (non-hydrogen) atoms. The molecule has 2 aliphatic heterocycles. The van der Waals surface area contributed by atoms with Crippen molar-refractivity contribution in [2.75, 3.05) is 45.8 Å². The van der Waals surface area contributed by atoms with Crippen LogP contribution in [0.25, 0.3) is 0 Å². The second-order valence-corrected chi connectivity index (χ2v) is 8.52. The Bertz CT molecular complexity index is 476. The molecule has 0 aromatic heterocycles. The van der Waals surface area contributed by atoms with Crippen LogP contribution in [0.5, 0.6) is 0 Å². The van der Waals surface area contributed by atoms with Crippen LogP contribution < -0.4 is 5.32 Å². The van der Waals surface area contributed by atoms with Gasteiger partial charge in [0.2, 0.25) is 11.8 Å². The number of hydrogen-bond acceptors (Lipinski definition) is 4. The zero-order chi connectivity index (χ0) is 18.0. The Labute approximate surface area is 151 Å². The molecule has 3 unspecified atom stereocenters. The van der Waals surface area contributed by atoms with E-state index in [1.54, 1.807) is 0 Å². The van der Waals surface area contributed by atoms with Crippen molar-refractivity contribution in [1.29, 1.82) is 0 Å². The fourth-order valence-corrected chi connectivity index (χ4v) is 4.28. The summed E-state index contributed by atoms with van der Waals surface area (Å²) in [4.78, 5) is 31.4. The van der Waals surface area contributed by atoms with Gasteiger partial charge in [-0.25, -0.2) is 0 Å². The first kappa shape index (κ1) is 18.6. The summed E-state index contributed by atoms with van der Waals surface area (Å²) in [5.74, 6) is 1.62. The van der Waals surface area contributed by atoms with E-state index in [4.69, 9.17) is 0 Å². The molecule has 0 aromatic rings. The van der Waals surface area contributed by atoms with Crippen molar-refractivity contribution in [3.63, 3.8) is 0 Å².